The molecule has 0 unspecified atom stereocenters. The summed E-state index contributed by atoms with van der Waals surface area (Å²) in [7, 11) is 0. The first-order valence-corrected chi connectivity index (χ1v) is 21.8. The minimum Gasteiger partial charge on any atom is -0.311 e. The normalized spacial score (nSPS) is 13.1. The fourth-order valence-electron chi connectivity index (χ4n) is 11.1. The predicted octanol–water partition coefficient (Wildman–Crippen LogP) is 13.8. The number of benzene rings is 11. The molecule has 0 fully saturated rings. The van der Waals surface area contributed by atoms with E-state index in [4.69, 9.17) is 0 Å². The maximum Gasteiger partial charge on any atom is 0.252 e. The molecule has 11 aromatic rings. The topological polar surface area (TPSA) is 6.48 Å². The molecule has 0 N–H and O–H groups in total. The minimum atomic E-state index is 0.0807. The van der Waals surface area contributed by atoms with Gasteiger partial charge >= 0.3 is 0 Å². The molecule has 0 saturated carbocycles. The van der Waals surface area contributed by atoms with Crippen LogP contribution in [0, 0.1) is 0 Å². The van der Waals surface area contributed by atoms with Crippen LogP contribution in [0.25, 0.3) is 64.6 Å². The molecule has 0 bridgehead atoms. The Morgan fingerprint density at radius 3 is 1.02 bits per heavy atom. The van der Waals surface area contributed by atoms with Crippen molar-refractivity contribution in [1.29, 1.82) is 0 Å². The SMILES string of the molecule is CCc1ccc2c(c1)B1c3cc(CC)ccc3N(c3ccc4c5ccccc5c5ccccc5c4c3)c3cccc(c31)N2c1ccc2c3ccccc3c3ccccc3c2c1. The van der Waals surface area contributed by atoms with Crippen LogP contribution in [0.5, 0.6) is 0 Å². The largest absolute Gasteiger partial charge is 0.311 e. The average molecular weight is 777 g/mol. The molecule has 3 heteroatoms. The predicted molar refractivity (Wildman–Crippen MR) is 264 cm³/mol. The Kier molecular flexibility index (Phi) is 7.39. The number of hydrogen-bond donors (Lipinski definition) is 0. The highest BCUT2D eigenvalue weighted by atomic mass is 15.2. The maximum atomic E-state index is 2.56. The molecule has 2 nitrogen and oxygen atoms in total. The third-order valence-electron chi connectivity index (χ3n) is 13.9. The van der Waals surface area contributed by atoms with Gasteiger partial charge < -0.3 is 9.80 Å². The van der Waals surface area contributed by atoms with Crippen LogP contribution in [0.4, 0.5) is 34.1 Å². The summed E-state index contributed by atoms with van der Waals surface area (Å²) >= 11 is 0. The van der Waals surface area contributed by atoms with Crippen molar-refractivity contribution < 1.29 is 0 Å². The second-order valence-electron chi connectivity index (χ2n) is 16.9. The molecule has 0 aromatic heterocycles. The lowest BCUT2D eigenvalue weighted by Crippen LogP contribution is -2.61. The smallest absolute Gasteiger partial charge is 0.252 e. The van der Waals surface area contributed by atoms with Gasteiger partial charge in [0.25, 0.3) is 6.71 Å². The fraction of sp³-hybridized carbons (Fsp3) is 0.0690. The fourth-order valence-corrected chi connectivity index (χ4v) is 11.1. The Balaban J connectivity index is 1.10. The van der Waals surface area contributed by atoms with E-state index in [1.165, 1.54) is 126 Å². The number of anilines is 6. The van der Waals surface area contributed by atoms with Crippen LogP contribution in [-0.2, 0) is 12.8 Å². The standard InChI is InChI=1S/C58H41BN2/c1-3-36-24-30-54-52(32-36)59-53-33-37(4-2)25-31-55(53)61(39-27-29-49-45-19-8-6-15-41(45)43-17-10-12-21-47(43)51(49)35-39)57-23-13-22-56(58(57)59)60(54)38-26-28-48-44-18-7-5-14-40(44)42-16-9-11-20-46(42)50(48)34-38/h5-35H,3-4H2,1-2H3. The van der Waals surface area contributed by atoms with Crippen molar-refractivity contribution in [3.05, 3.63) is 199 Å². The van der Waals surface area contributed by atoms with Crippen molar-refractivity contribution >= 4 is 122 Å². The highest BCUT2D eigenvalue weighted by Crippen LogP contribution is 2.47. The molecule has 286 valence electrons. The molecule has 0 radical (unpaired) electrons. The monoisotopic (exact) mass is 776 g/mol. The molecular formula is C58H41BN2. The van der Waals surface area contributed by atoms with E-state index in [-0.39, 0.29) is 6.71 Å². The van der Waals surface area contributed by atoms with Crippen molar-refractivity contribution in [3.8, 4) is 0 Å². The van der Waals surface area contributed by atoms with Gasteiger partial charge in [-0.15, -0.1) is 0 Å². The van der Waals surface area contributed by atoms with Crippen LogP contribution in [-0.4, -0.2) is 6.71 Å². The zero-order chi connectivity index (χ0) is 40.3. The van der Waals surface area contributed by atoms with Crippen molar-refractivity contribution in [3.63, 3.8) is 0 Å². The summed E-state index contributed by atoms with van der Waals surface area (Å²) in [6, 6.07) is 71.3. The summed E-state index contributed by atoms with van der Waals surface area (Å²) < 4.78 is 0. The van der Waals surface area contributed by atoms with Gasteiger partial charge in [0.2, 0.25) is 0 Å². The van der Waals surface area contributed by atoms with Gasteiger partial charge in [-0.25, -0.2) is 0 Å². The number of nitrogens with zero attached hydrogens (tertiary/aromatic N) is 2. The molecule has 0 amide bonds. The molecule has 0 saturated heterocycles. The van der Waals surface area contributed by atoms with Gasteiger partial charge in [-0.3, -0.25) is 0 Å². The molecule has 2 aliphatic heterocycles. The second-order valence-corrected chi connectivity index (χ2v) is 16.9. The van der Waals surface area contributed by atoms with E-state index < -0.39 is 0 Å². The Morgan fingerprint density at radius 1 is 0.311 bits per heavy atom. The van der Waals surface area contributed by atoms with Crippen LogP contribution in [0.3, 0.4) is 0 Å². The highest BCUT2D eigenvalue weighted by molar-refractivity contribution is 7.00. The number of rotatable bonds is 4. The summed E-state index contributed by atoms with van der Waals surface area (Å²) in [4.78, 5) is 5.11. The van der Waals surface area contributed by atoms with Crippen LogP contribution in [0.2, 0.25) is 0 Å². The number of aryl methyl sites for hydroxylation is 2. The summed E-state index contributed by atoms with van der Waals surface area (Å²) in [6.45, 7) is 4.63. The molecule has 61 heavy (non-hydrogen) atoms. The molecule has 0 atom stereocenters. The van der Waals surface area contributed by atoms with Crippen LogP contribution >= 0.6 is 0 Å². The van der Waals surface area contributed by atoms with Gasteiger partial charge in [0.15, 0.2) is 0 Å². The zero-order valence-electron chi connectivity index (χ0n) is 34.3. The average Bonchev–Trinajstić information content (AvgIpc) is 3.33. The van der Waals surface area contributed by atoms with Crippen LogP contribution in [0.15, 0.2) is 188 Å². The lowest BCUT2D eigenvalue weighted by Gasteiger charge is -2.44. The quantitative estimate of drug-likeness (QED) is 0.130. The summed E-state index contributed by atoms with van der Waals surface area (Å²) in [5, 5.41) is 15.5. The first-order chi connectivity index (χ1) is 30.2. The Bertz CT molecular complexity index is 3350. The second kappa shape index (κ2) is 13.1. The van der Waals surface area contributed by atoms with Crippen molar-refractivity contribution in [1.82, 2.24) is 0 Å². The Morgan fingerprint density at radius 2 is 0.656 bits per heavy atom. The zero-order valence-corrected chi connectivity index (χ0v) is 34.3. The first kappa shape index (κ1) is 34.5. The van der Waals surface area contributed by atoms with Gasteiger partial charge in [-0.2, -0.15) is 0 Å². The van der Waals surface area contributed by atoms with E-state index in [1.807, 2.05) is 0 Å². The molecular weight excluding hydrogens is 735 g/mol. The van der Waals surface area contributed by atoms with Crippen molar-refractivity contribution in [2.24, 2.45) is 0 Å². The highest BCUT2D eigenvalue weighted by Gasteiger charge is 2.43. The number of fused-ring (bicyclic) bond motifs is 16. The van der Waals surface area contributed by atoms with E-state index in [0.29, 0.717) is 0 Å². The van der Waals surface area contributed by atoms with E-state index >= 15 is 0 Å². The summed E-state index contributed by atoms with van der Waals surface area (Å²) in [5.41, 5.74) is 14.1. The molecule has 0 spiro atoms. The summed E-state index contributed by atoms with van der Waals surface area (Å²) in [6.07, 6.45) is 1.97. The van der Waals surface area contributed by atoms with E-state index in [9.17, 15) is 0 Å². The third kappa shape index (κ3) is 4.86. The van der Waals surface area contributed by atoms with Gasteiger partial charge in [-0.1, -0.05) is 153 Å². The van der Waals surface area contributed by atoms with Crippen molar-refractivity contribution in [2.75, 3.05) is 9.80 Å². The Labute approximate surface area is 356 Å². The maximum absolute atomic E-state index is 2.56. The molecule has 2 heterocycles. The lowest BCUT2D eigenvalue weighted by atomic mass is 9.33. The van der Waals surface area contributed by atoms with Gasteiger partial charge in [0, 0.05) is 34.1 Å². The molecule has 2 aliphatic rings. The van der Waals surface area contributed by atoms with E-state index in [2.05, 4.69) is 212 Å². The molecule has 0 aliphatic carbocycles. The Hall–Kier alpha value is -7.36. The van der Waals surface area contributed by atoms with Crippen LogP contribution in [0.1, 0.15) is 25.0 Å². The van der Waals surface area contributed by atoms with E-state index in [1.54, 1.807) is 0 Å². The minimum absolute atomic E-state index is 0.0807. The van der Waals surface area contributed by atoms with Crippen LogP contribution < -0.4 is 26.2 Å². The van der Waals surface area contributed by atoms with Gasteiger partial charge in [-0.05, 0) is 154 Å². The number of hydrogen-bond acceptors (Lipinski definition) is 2. The first-order valence-electron chi connectivity index (χ1n) is 21.8. The van der Waals surface area contributed by atoms with E-state index in [0.717, 1.165) is 12.8 Å². The molecule has 11 aromatic carbocycles. The van der Waals surface area contributed by atoms with Gasteiger partial charge in [0.05, 0.1) is 0 Å². The third-order valence-corrected chi connectivity index (χ3v) is 13.9. The van der Waals surface area contributed by atoms with Crippen molar-refractivity contribution in [2.45, 2.75) is 26.7 Å². The lowest BCUT2D eigenvalue weighted by molar-refractivity contribution is 1.14. The summed E-state index contributed by atoms with van der Waals surface area (Å²) in [5.74, 6) is 0. The molecule has 13 rings (SSSR count). The van der Waals surface area contributed by atoms with Gasteiger partial charge in [0.1, 0.15) is 0 Å².